The van der Waals surface area contributed by atoms with Crippen LogP contribution in [0.4, 0.5) is 0 Å². The van der Waals surface area contributed by atoms with E-state index < -0.39 is 11.2 Å². The van der Waals surface area contributed by atoms with Gasteiger partial charge in [0.2, 0.25) is 5.91 Å². The molecule has 0 saturated heterocycles. The van der Waals surface area contributed by atoms with Crippen molar-refractivity contribution in [2.24, 2.45) is 14.1 Å². The minimum Gasteiger partial charge on any atom is -0.342 e. The monoisotopic (exact) mass is 307 g/mol. The van der Waals surface area contributed by atoms with E-state index in [1.807, 2.05) is 13.8 Å². The molecule has 0 bridgehead atoms. The second-order valence-corrected chi connectivity index (χ2v) is 5.52. The molecule has 0 radical (unpaired) electrons. The minimum atomic E-state index is -0.540. The maximum atomic E-state index is 12.5. The lowest BCUT2D eigenvalue weighted by Gasteiger charge is -2.24. The molecule has 0 aliphatic heterocycles. The number of amides is 1. The molecule has 0 fully saturated rings. The molecule has 1 amide bonds. The molecule has 2 rings (SSSR count). The number of nitrogens with zero attached hydrogens (tertiary/aromatic N) is 5. The van der Waals surface area contributed by atoms with Gasteiger partial charge in [-0.25, -0.2) is 14.3 Å². The van der Waals surface area contributed by atoms with Gasteiger partial charge in [-0.05, 0) is 13.3 Å². The first-order valence-electron chi connectivity index (χ1n) is 7.16. The topological polar surface area (TPSA) is 82.1 Å². The van der Waals surface area contributed by atoms with Crippen molar-refractivity contribution in [3.05, 3.63) is 27.2 Å². The standard InChI is InChI=1S/C14H21N5O3/c1-6-9(2)17(4)10(20)7-19-13(21)11-12(15-8-16(11)3)18(5)14(19)22/h8-9H,6-7H2,1-5H3. The van der Waals surface area contributed by atoms with E-state index >= 15 is 0 Å². The Morgan fingerprint density at radius 2 is 2.00 bits per heavy atom. The first-order valence-corrected chi connectivity index (χ1v) is 7.16. The Labute approximate surface area is 127 Å². The summed E-state index contributed by atoms with van der Waals surface area (Å²) in [5.74, 6) is -0.268. The van der Waals surface area contributed by atoms with Crippen LogP contribution in [0.15, 0.2) is 15.9 Å². The number of carbonyl (C=O) groups excluding carboxylic acids is 1. The predicted octanol–water partition coefficient (Wildman–Crippen LogP) is -0.309. The third-order valence-electron chi connectivity index (χ3n) is 4.14. The van der Waals surface area contributed by atoms with Crippen LogP contribution in [0.2, 0.25) is 0 Å². The number of likely N-dealkylation sites (N-methyl/N-ethyl adjacent to an activating group) is 1. The van der Waals surface area contributed by atoms with E-state index in [0.29, 0.717) is 11.2 Å². The largest absolute Gasteiger partial charge is 0.342 e. The molecule has 120 valence electrons. The van der Waals surface area contributed by atoms with Gasteiger partial charge in [0.15, 0.2) is 11.2 Å². The maximum absolute atomic E-state index is 12.5. The number of carbonyl (C=O) groups is 1. The third-order valence-corrected chi connectivity index (χ3v) is 4.14. The Bertz CT molecular complexity index is 829. The molecule has 0 aromatic carbocycles. The zero-order chi connectivity index (χ0) is 16.6. The summed E-state index contributed by atoms with van der Waals surface area (Å²) in [5.41, 5.74) is -0.413. The molecular formula is C14H21N5O3. The molecule has 2 heterocycles. The highest BCUT2D eigenvalue weighted by Crippen LogP contribution is 2.04. The Morgan fingerprint density at radius 1 is 1.36 bits per heavy atom. The summed E-state index contributed by atoms with van der Waals surface area (Å²) < 4.78 is 3.80. The van der Waals surface area contributed by atoms with Crippen molar-refractivity contribution in [2.45, 2.75) is 32.9 Å². The lowest BCUT2D eigenvalue weighted by Crippen LogP contribution is -2.45. The maximum Gasteiger partial charge on any atom is 0.332 e. The van der Waals surface area contributed by atoms with Gasteiger partial charge in [0.25, 0.3) is 5.56 Å². The van der Waals surface area contributed by atoms with Gasteiger partial charge in [-0.15, -0.1) is 0 Å². The van der Waals surface area contributed by atoms with Gasteiger partial charge in [0.05, 0.1) is 6.33 Å². The Hall–Kier alpha value is -2.38. The summed E-state index contributed by atoms with van der Waals surface area (Å²) in [6.45, 7) is 3.62. The Morgan fingerprint density at radius 3 is 2.59 bits per heavy atom. The van der Waals surface area contributed by atoms with Gasteiger partial charge in [-0.3, -0.25) is 14.2 Å². The lowest BCUT2D eigenvalue weighted by molar-refractivity contribution is -0.132. The van der Waals surface area contributed by atoms with E-state index in [-0.39, 0.29) is 18.5 Å². The van der Waals surface area contributed by atoms with Crippen LogP contribution in [-0.2, 0) is 25.4 Å². The normalized spacial score (nSPS) is 12.6. The van der Waals surface area contributed by atoms with Crippen molar-refractivity contribution in [2.75, 3.05) is 7.05 Å². The van der Waals surface area contributed by atoms with Gasteiger partial charge >= 0.3 is 5.69 Å². The van der Waals surface area contributed by atoms with Crippen molar-refractivity contribution in [3.63, 3.8) is 0 Å². The molecule has 2 aromatic rings. The molecule has 22 heavy (non-hydrogen) atoms. The molecule has 2 aromatic heterocycles. The van der Waals surface area contributed by atoms with Crippen molar-refractivity contribution in [3.8, 4) is 0 Å². The average Bonchev–Trinajstić information content (AvgIpc) is 2.89. The summed E-state index contributed by atoms with van der Waals surface area (Å²) in [6, 6.07) is 0.0486. The SMILES string of the molecule is CCC(C)N(C)C(=O)Cn1c(=O)c2c(ncn2C)n(C)c1=O. The van der Waals surface area contributed by atoms with E-state index in [1.54, 1.807) is 23.6 Å². The number of fused-ring (bicyclic) bond motifs is 1. The summed E-state index contributed by atoms with van der Waals surface area (Å²) in [6.07, 6.45) is 2.28. The molecule has 0 N–H and O–H groups in total. The van der Waals surface area contributed by atoms with Gasteiger partial charge in [-0.2, -0.15) is 0 Å². The van der Waals surface area contributed by atoms with E-state index in [9.17, 15) is 14.4 Å². The van der Waals surface area contributed by atoms with Crippen molar-refractivity contribution in [1.82, 2.24) is 23.6 Å². The fourth-order valence-corrected chi connectivity index (χ4v) is 2.30. The quantitative estimate of drug-likeness (QED) is 0.776. The number of hydrogen-bond donors (Lipinski definition) is 0. The van der Waals surface area contributed by atoms with Crippen LogP contribution in [-0.4, -0.2) is 42.6 Å². The van der Waals surface area contributed by atoms with Crippen LogP contribution in [0.25, 0.3) is 11.2 Å². The van der Waals surface area contributed by atoms with Crippen LogP contribution in [0, 0.1) is 0 Å². The summed E-state index contributed by atoms with van der Waals surface area (Å²) in [7, 11) is 4.89. The van der Waals surface area contributed by atoms with Crippen molar-refractivity contribution >= 4 is 17.1 Å². The number of aryl methyl sites for hydroxylation is 2. The fraction of sp³-hybridized carbons (Fsp3) is 0.571. The van der Waals surface area contributed by atoms with Crippen LogP contribution in [0.5, 0.6) is 0 Å². The predicted molar refractivity (Wildman–Crippen MR) is 82.7 cm³/mol. The fourth-order valence-electron chi connectivity index (χ4n) is 2.30. The molecular weight excluding hydrogens is 286 g/mol. The average molecular weight is 307 g/mol. The molecule has 8 nitrogen and oxygen atoms in total. The van der Waals surface area contributed by atoms with Crippen LogP contribution in [0.3, 0.4) is 0 Å². The summed E-state index contributed by atoms with van der Waals surface area (Å²) in [5, 5.41) is 0. The van der Waals surface area contributed by atoms with Crippen molar-refractivity contribution < 1.29 is 4.79 Å². The van der Waals surface area contributed by atoms with E-state index in [2.05, 4.69) is 4.98 Å². The molecule has 0 aliphatic carbocycles. The molecule has 1 unspecified atom stereocenters. The van der Waals surface area contributed by atoms with Gasteiger partial charge in [0.1, 0.15) is 6.54 Å². The third kappa shape index (κ3) is 2.44. The Balaban J connectivity index is 2.53. The first-order chi connectivity index (χ1) is 10.3. The summed E-state index contributed by atoms with van der Waals surface area (Å²) in [4.78, 5) is 42.7. The summed E-state index contributed by atoms with van der Waals surface area (Å²) >= 11 is 0. The van der Waals surface area contributed by atoms with Crippen LogP contribution >= 0.6 is 0 Å². The van der Waals surface area contributed by atoms with E-state index in [4.69, 9.17) is 0 Å². The highest BCUT2D eigenvalue weighted by Gasteiger charge is 2.20. The number of hydrogen-bond acceptors (Lipinski definition) is 4. The lowest BCUT2D eigenvalue weighted by atomic mass is 10.2. The Kier molecular flexibility index (Phi) is 4.20. The zero-order valence-electron chi connectivity index (χ0n) is 13.5. The molecule has 8 heteroatoms. The van der Waals surface area contributed by atoms with Crippen molar-refractivity contribution in [1.29, 1.82) is 0 Å². The second-order valence-electron chi connectivity index (χ2n) is 5.52. The highest BCUT2D eigenvalue weighted by atomic mass is 16.2. The number of imidazole rings is 1. The van der Waals surface area contributed by atoms with Gasteiger partial charge in [0, 0.05) is 27.2 Å². The van der Waals surface area contributed by atoms with E-state index in [1.165, 1.54) is 17.9 Å². The second kappa shape index (κ2) is 5.78. The number of aromatic nitrogens is 4. The molecule has 1 atom stereocenters. The van der Waals surface area contributed by atoms with Crippen LogP contribution < -0.4 is 11.2 Å². The van der Waals surface area contributed by atoms with Crippen LogP contribution in [0.1, 0.15) is 20.3 Å². The van der Waals surface area contributed by atoms with Gasteiger partial charge in [-0.1, -0.05) is 6.92 Å². The highest BCUT2D eigenvalue weighted by molar-refractivity contribution is 5.76. The first kappa shape index (κ1) is 16.0. The molecule has 0 aliphatic rings. The number of rotatable bonds is 4. The smallest absolute Gasteiger partial charge is 0.332 e. The minimum absolute atomic E-state index is 0.0486. The van der Waals surface area contributed by atoms with Gasteiger partial charge < -0.3 is 9.47 Å². The molecule has 0 saturated carbocycles. The van der Waals surface area contributed by atoms with E-state index in [0.717, 1.165) is 11.0 Å². The zero-order valence-corrected chi connectivity index (χ0v) is 13.5. The molecule has 0 spiro atoms.